The van der Waals surface area contributed by atoms with E-state index in [2.05, 4.69) is 24.9 Å². The lowest BCUT2D eigenvalue weighted by Gasteiger charge is -2.21. The molecule has 0 bridgehead atoms. The van der Waals surface area contributed by atoms with Gasteiger partial charge in [-0.2, -0.15) is 0 Å². The molecule has 0 aromatic rings. The largest absolute Gasteiger partial charge is 0.293 e. The second-order valence-electron chi connectivity index (χ2n) is 3.33. The van der Waals surface area contributed by atoms with Gasteiger partial charge in [-0.15, -0.1) is 0 Å². The average Bonchev–Trinajstić information content (AvgIpc) is 2.04. The zero-order valence-electron chi connectivity index (χ0n) is 7.72. The van der Waals surface area contributed by atoms with Gasteiger partial charge in [0.1, 0.15) is 0 Å². The van der Waals surface area contributed by atoms with Crippen LogP contribution in [0.25, 0.3) is 0 Å². The summed E-state index contributed by atoms with van der Waals surface area (Å²) < 4.78 is 0. The van der Waals surface area contributed by atoms with E-state index in [1.807, 2.05) is 7.05 Å². The van der Waals surface area contributed by atoms with Gasteiger partial charge in [-0.25, -0.2) is 0 Å². The van der Waals surface area contributed by atoms with Crippen molar-refractivity contribution in [2.24, 2.45) is 10.9 Å². The van der Waals surface area contributed by atoms with E-state index in [-0.39, 0.29) is 0 Å². The summed E-state index contributed by atoms with van der Waals surface area (Å²) in [6, 6.07) is 0. The summed E-state index contributed by atoms with van der Waals surface area (Å²) in [5, 5.41) is 0. The summed E-state index contributed by atoms with van der Waals surface area (Å²) in [7, 11) is 1.90. The van der Waals surface area contributed by atoms with Gasteiger partial charge in [0.25, 0.3) is 0 Å². The van der Waals surface area contributed by atoms with Gasteiger partial charge in [-0.05, 0) is 37.7 Å². The molecule has 0 amide bonds. The highest BCUT2D eigenvalue weighted by Gasteiger charge is 2.16. The standard InChI is InChI=1S/C10H17N/c1-4-9-6-5-8(2)7-10(9)11-3/h4,8H,5-7H2,1-3H3/b9-4-,11-10?. The highest BCUT2D eigenvalue weighted by atomic mass is 14.7. The Labute approximate surface area is 69.2 Å². The fraction of sp³-hybridized carbons (Fsp3) is 0.700. The molecule has 0 N–H and O–H groups in total. The van der Waals surface area contributed by atoms with Crippen LogP contribution in [0.15, 0.2) is 16.6 Å². The normalized spacial score (nSPS) is 33.2. The van der Waals surface area contributed by atoms with Crippen LogP contribution in [0.1, 0.15) is 33.1 Å². The molecular formula is C10H17N. The first-order valence-electron chi connectivity index (χ1n) is 4.39. The zero-order valence-corrected chi connectivity index (χ0v) is 7.72. The molecule has 0 radical (unpaired) electrons. The van der Waals surface area contributed by atoms with Gasteiger partial charge in [0.2, 0.25) is 0 Å². The molecule has 0 saturated heterocycles. The zero-order chi connectivity index (χ0) is 8.27. The van der Waals surface area contributed by atoms with E-state index < -0.39 is 0 Å². The van der Waals surface area contributed by atoms with Crippen molar-refractivity contribution >= 4 is 5.71 Å². The van der Waals surface area contributed by atoms with Crippen molar-refractivity contribution in [3.8, 4) is 0 Å². The van der Waals surface area contributed by atoms with Crippen molar-refractivity contribution in [2.75, 3.05) is 7.05 Å². The molecule has 1 heteroatoms. The van der Waals surface area contributed by atoms with Gasteiger partial charge in [-0.3, -0.25) is 4.99 Å². The number of nitrogens with zero attached hydrogens (tertiary/aromatic N) is 1. The molecule has 0 aromatic carbocycles. The molecule has 0 aromatic heterocycles. The van der Waals surface area contributed by atoms with Crippen molar-refractivity contribution in [3.05, 3.63) is 11.6 Å². The van der Waals surface area contributed by atoms with Gasteiger partial charge >= 0.3 is 0 Å². The van der Waals surface area contributed by atoms with E-state index in [9.17, 15) is 0 Å². The second-order valence-corrected chi connectivity index (χ2v) is 3.33. The molecule has 1 nitrogen and oxygen atoms in total. The fourth-order valence-electron chi connectivity index (χ4n) is 1.66. The molecular weight excluding hydrogens is 134 g/mol. The monoisotopic (exact) mass is 151 g/mol. The van der Waals surface area contributed by atoms with Crippen molar-refractivity contribution in [1.29, 1.82) is 0 Å². The van der Waals surface area contributed by atoms with Crippen LogP contribution in [0.3, 0.4) is 0 Å². The maximum atomic E-state index is 4.30. The molecule has 1 unspecified atom stereocenters. The molecule has 1 atom stereocenters. The van der Waals surface area contributed by atoms with Crippen LogP contribution in [0, 0.1) is 5.92 Å². The smallest absolute Gasteiger partial charge is 0.0376 e. The maximum Gasteiger partial charge on any atom is 0.0376 e. The Morgan fingerprint density at radius 1 is 1.55 bits per heavy atom. The summed E-state index contributed by atoms with van der Waals surface area (Å²) in [5.41, 5.74) is 2.79. The molecule has 1 aliphatic rings. The van der Waals surface area contributed by atoms with Crippen LogP contribution in [0.4, 0.5) is 0 Å². The molecule has 0 heterocycles. The maximum absolute atomic E-state index is 4.30. The topological polar surface area (TPSA) is 12.4 Å². The fourth-order valence-corrected chi connectivity index (χ4v) is 1.66. The van der Waals surface area contributed by atoms with Gasteiger partial charge < -0.3 is 0 Å². The van der Waals surface area contributed by atoms with Crippen LogP contribution in [-0.2, 0) is 0 Å². The second kappa shape index (κ2) is 3.70. The van der Waals surface area contributed by atoms with E-state index >= 15 is 0 Å². The predicted molar refractivity (Wildman–Crippen MR) is 50.1 cm³/mol. The van der Waals surface area contributed by atoms with Crippen molar-refractivity contribution < 1.29 is 0 Å². The average molecular weight is 151 g/mol. The predicted octanol–water partition coefficient (Wildman–Crippen LogP) is 2.82. The van der Waals surface area contributed by atoms with Crippen LogP contribution in [-0.4, -0.2) is 12.8 Å². The van der Waals surface area contributed by atoms with E-state index in [4.69, 9.17) is 0 Å². The first-order chi connectivity index (χ1) is 5.27. The number of aliphatic imine (C=N–C) groups is 1. The third-order valence-electron chi connectivity index (χ3n) is 2.44. The molecule has 0 aliphatic heterocycles. The van der Waals surface area contributed by atoms with Gasteiger partial charge in [0.15, 0.2) is 0 Å². The lowest BCUT2D eigenvalue weighted by atomic mass is 9.85. The van der Waals surface area contributed by atoms with Crippen molar-refractivity contribution in [1.82, 2.24) is 0 Å². The molecule has 1 aliphatic carbocycles. The number of hydrogen-bond donors (Lipinski definition) is 0. The minimum absolute atomic E-state index is 0.831. The first-order valence-corrected chi connectivity index (χ1v) is 4.39. The molecule has 1 rings (SSSR count). The van der Waals surface area contributed by atoms with Gasteiger partial charge in [0.05, 0.1) is 0 Å². The number of allylic oxidation sites excluding steroid dienone is 2. The Morgan fingerprint density at radius 3 is 2.82 bits per heavy atom. The van der Waals surface area contributed by atoms with E-state index in [0.29, 0.717) is 0 Å². The summed E-state index contributed by atoms with van der Waals surface area (Å²) >= 11 is 0. The summed E-state index contributed by atoms with van der Waals surface area (Å²) in [5.74, 6) is 0.831. The van der Waals surface area contributed by atoms with Gasteiger partial charge in [-0.1, -0.05) is 13.0 Å². The minimum Gasteiger partial charge on any atom is -0.293 e. The SMILES string of the molecule is C/C=C1/CCC(C)CC1=NC. The Kier molecular flexibility index (Phi) is 2.86. The van der Waals surface area contributed by atoms with E-state index in [1.54, 1.807) is 0 Å². The molecule has 1 fully saturated rings. The third kappa shape index (κ3) is 1.92. The van der Waals surface area contributed by atoms with Crippen LogP contribution in [0.5, 0.6) is 0 Å². The lowest BCUT2D eigenvalue weighted by molar-refractivity contribution is 0.534. The summed E-state index contributed by atoms with van der Waals surface area (Å²) in [4.78, 5) is 4.30. The van der Waals surface area contributed by atoms with Gasteiger partial charge in [0, 0.05) is 12.8 Å². The molecule has 62 valence electrons. The molecule has 1 saturated carbocycles. The highest BCUT2D eigenvalue weighted by molar-refractivity contribution is 6.00. The quantitative estimate of drug-likeness (QED) is 0.505. The van der Waals surface area contributed by atoms with Crippen LogP contribution >= 0.6 is 0 Å². The lowest BCUT2D eigenvalue weighted by Crippen LogP contribution is -2.15. The van der Waals surface area contributed by atoms with E-state index in [1.165, 1.54) is 30.5 Å². The number of rotatable bonds is 0. The van der Waals surface area contributed by atoms with Crippen LogP contribution in [0.2, 0.25) is 0 Å². The Morgan fingerprint density at radius 2 is 2.27 bits per heavy atom. The molecule has 0 spiro atoms. The highest BCUT2D eigenvalue weighted by Crippen LogP contribution is 2.25. The minimum atomic E-state index is 0.831. The van der Waals surface area contributed by atoms with Crippen molar-refractivity contribution in [2.45, 2.75) is 33.1 Å². The van der Waals surface area contributed by atoms with E-state index in [0.717, 1.165) is 5.92 Å². The third-order valence-corrected chi connectivity index (χ3v) is 2.44. The Hall–Kier alpha value is -0.590. The molecule has 11 heavy (non-hydrogen) atoms. The first kappa shape index (κ1) is 8.51. The Bertz CT molecular complexity index is 189. The summed E-state index contributed by atoms with van der Waals surface area (Å²) in [6.45, 7) is 4.41. The summed E-state index contributed by atoms with van der Waals surface area (Å²) in [6.07, 6.45) is 5.94. The van der Waals surface area contributed by atoms with Crippen molar-refractivity contribution in [3.63, 3.8) is 0 Å². The Balaban J connectivity index is 2.72. The van der Waals surface area contributed by atoms with Crippen LogP contribution < -0.4 is 0 Å². The number of hydrogen-bond acceptors (Lipinski definition) is 1.